The summed E-state index contributed by atoms with van der Waals surface area (Å²) < 4.78 is 23.1. The zero-order chi connectivity index (χ0) is 16.4. The highest BCUT2D eigenvalue weighted by molar-refractivity contribution is 7.89. The molecule has 0 aromatic heterocycles. The number of primary sulfonamides is 1. The third-order valence-corrected chi connectivity index (χ3v) is 5.02. The van der Waals surface area contributed by atoms with E-state index in [-0.39, 0.29) is 4.90 Å². The second kappa shape index (κ2) is 10.0. The maximum atomic E-state index is 11.5. The molecule has 0 fully saturated rings. The van der Waals surface area contributed by atoms with Gasteiger partial charge in [-0.05, 0) is 48.9 Å². The van der Waals surface area contributed by atoms with Crippen molar-refractivity contribution in [1.29, 1.82) is 0 Å². The summed E-state index contributed by atoms with van der Waals surface area (Å²) >= 11 is 0. The fourth-order valence-corrected chi connectivity index (χ4v) is 3.30. The fourth-order valence-electron chi connectivity index (χ4n) is 2.74. The number of hydrogen-bond donors (Lipinski definition) is 1. The van der Waals surface area contributed by atoms with Crippen LogP contribution in [0, 0.1) is 0 Å². The summed E-state index contributed by atoms with van der Waals surface area (Å²) in [6.07, 6.45) is 11.7. The molecule has 3 nitrogen and oxygen atoms in total. The molecule has 1 aromatic carbocycles. The lowest BCUT2D eigenvalue weighted by Crippen LogP contribution is -2.13. The Morgan fingerprint density at radius 3 is 1.86 bits per heavy atom. The Hall–Kier alpha value is -0.870. The summed E-state index contributed by atoms with van der Waals surface area (Å²) in [5.74, 6) is 0. The van der Waals surface area contributed by atoms with Gasteiger partial charge in [0.05, 0.1) is 4.90 Å². The van der Waals surface area contributed by atoms with Gasteiger partial charge < -0.3 is 0 Å². The summed E-state index contributed by atoms with van der Waals surface area (Å²) in [7, 11) is -3.61. The molecule has 0 bridgehead atoms. The van der Waals surface area contributed by atoms with E-state index < -0.39 is 10.0 Å². The molecule has 0 unspecified atom stereocenters. The van der Waals surface area contributed by atoms with Crippen molar-refractivity contribution in [2.24, 2.45) is 5.14 Å². The Morgan fingerprint density at radius 1 is 0.818 bits per heavy atom. The van der Waals surface area contributed by atoms with Gasteiger partial charge in [0.1, 0.15) is 0 Å². The molecule has 0 saturated heterocycles. The summed E-state index contributed by atoms with van der Waals surface area (Å²) in [5, 5.41) is 5.26. The Kier molecular flexibility index (Phi) is 8.72. The third-order valence-electron chi connectivity index (χ3n) is 4.11. The van der Waals surface area contributed by atoms with Gasteiger partial charge in [-0.15, -0.1) is 0 Å². The molecule has 0 heterocycles. The second-order valence-electron chi connectivity index (χ2n) is 6.10. The van der Waals surface area contributed by atoms with Crippen LogP contribution < -0.4 is 5.14 Å². The van der Waals surface area contributed by atoms with Gasteiger partial charge in [0.25, 0.3) is 0 Å². The van der Waals surface area contributed by atoms with Gasteiger partial charge in [-0.25, -0.2) is 13.6 Å². The highest BCUT2D eigenvalue weighted by Gasteiger charge is 2.11. The van der Waals surface area contributed by atoms with Crippen LogP contribution in [0.25, 0.3) is 0 Å². The van der Waals surface area contributed by atoms with Crippen LogP contribution in [0.3, 0.4) is 0 Å². The average Bonchev–Trinajstić information content (AvgIpc) is 2.48. The number of aryl methyl sites for hydroxylation is 2. The molecule has 1 rings (SSSR count). The first kappa shape index (κ1) is 19.2. The van der Waals surface area contributed by atoms with E-state index in [9.17, 15) is 8.42 Å². The van der Waals surface area contributed by atoms with E-state index >= 15 is 0 Å². The Bertz CT molecular complexity index is 538. The quantitative estimate of drug-likeness (QED) is 0.605. The smallest absolute Gasteiger partial charge is 0.225 e. The van der Waals surface area contributed by atoms with Crippen LogP contribution in [0.1, 0.15) is 76.3 Å². The van der Waals surface area contributed by atoms with Crippen molar-refractivity contribution in [3.8, 4) is 0 Å². The van der Waals surface area contributed by atoms with Gasteiger partial charge in [0.2, 0.25) is 10.0 Å². The lowest BCUT2D eigenvalue weighted by Gasteiger charge is -2.11. The number of rotatable bonds is 11. The number of hydrogen-bond acceptors (Lipinski definition) is 2. The van der Waals surface area contributed by atoms with Crippen LogP contribution in [0.15, 0.2) is 23.1 Å². The predicted molar refractivity (Wildman–Crippen MR) is 93.5 cm³/mol. The average molecular weight is 326 g/mol. The molecule has 126 valence electrons. The summed E-state index contributed by atoms with van der Waals surface area (Å²) in [6, 6.07) is 5.40. The zero-order valence-corrected chi connectivity index (χ0v) is 14.9. The fraction of sp³-hybridized carbons (Fsp3) is 0.667. The van der Waals surface area contributed by atoms with Crippen molar-refractivity contribution in [3.63, 3.8) is 0 Å². The molecule has 0 aliphatic carbocycles. The molecular formula is C18H31NO2S. The molecule has 4 heteroatoms. The largest absolute Gasteiger partial charge is 0.238 e. The van der Waals surface area contributed by atoms with Crippen molar-refractivity contribution in [2.45, 2.75) is 83.0 Å². The molecule has 0 radical (unpaired) electrons. The molecule has 22 heavy (non-hydrogen) atoms. The van der Waals surface area contributed by atoms with Crippen molar-refractivity contribution >= 4 is 10.0 Å². The molecule has 0 spiro atoms. The van der Waals surface area contributed by atoms with Crippen LogP contribution in [0.4, 0.5) is 0 Å². The lowest BCUT2D eigenvalue weighted by molar-refractivity contribution is 0.597. The Balaban J connectivity index is 2.79. The van der Waals surface area contributed by atoms with Gasteiger partial charge in [-0.1, -0.05) is 58.4 Å². The number of benzene rings is 1. The van der Waals surface area contributed by atoms with Gasteiger partial charge in [-0.2, -0.15) is 0 Å². The monoisotopic (exact) mass is 325 g/mol. The van der Waals surface area contributed by atoms with E-state index in [1.54, 1.807) is 12.1 Å². The highest BCUT2D eigenvalue weighted by atomic mass is 32.2. The maximum absolute atomic E-state index is 11.5. The van der Waals surface area contributed by atoms with Crippen molar-refractivity contribution in [1.82, 2.24) is 0 Å². The number of unbranched alkanes of at least 4 members (excludes halogenated alkanes) is 6. The van der Waals surface area contributed by atoms with E-state index in [0.29, 0.717) is 0 Å². The van der Waals surface area contributed by atoms with Crippen LogP contribution in [0.5, 0.6) is 0 Å². The molecule has 0 aliphatic rings. The first-order valence-electron chi connectivity index (χ1n) is 8.63. The summed E-state index contributed by atoms with van der Waals surface area (Å²) in [6.45, 7) is 4.40. The normalized spacial score (nSPS) is 11.8. The minimum atomic E-state index is -3.61. The topological polar surface area (TPSA) is 60.2 Å². The van der Waals surface area contributed by atoms with E-state index in [2.05, 4.69) is 13.8 Å². The van der Waals surface area contributed by atoms with Gasteiger partial charge >= 0.3 is 0 Å². The first-order valence-corrected chi connectivity index (χ1v) is 10.2. The SMILES string of the molecule is CCCCCCc1ccc(S(N)(=O)=O)cc1CCCCCC. The molecule has 0 amide bonds. The Morgan fingerprint density at radius 2 is 1.36 bits per heavy atom. The highest BCUT2D eigenvalue weighted by Crippen LogP contribution is 2.20. The molecule has 0 saturated carbocycles. The van der Waals surface area contributed by atoms with E-state index in [1.165, 1.54) is 56.1 Å². The lowest BCUT2D eigenvalue weighted by atomic mass is 9.97. The van der Waals surface area contributed by atoms with Crippen molar-refractivity contribution < 1.29 is 8.42 Å². The number of nitrogens with two attached hydrogens (primary N) is 1. The first-order chi connectivity index (χ1) is 10.5. The summed E-state index contributed by atoms with van der Waals surface area (Å²) in [5.41, 5.74) is 2.46. The van der Waals surface area contributed by atoms with Gasteiger partial charge in [-0.3, -0.25) is 0 Å². The molecule has 0 atom stereocenters. The van der Waals surface area contributed by atoms with E-state index in [4.69, 9.17) is 5.14 Å². The minimum Gasteiger partial charge on any atom is -0.225 e. The Labute approximate surface area is 136 Å². The van der Waals surface area contributed by atoms with Crippen LogP contribution in [0.2, 0.25) is 0 Å². The van der Waals surface area contributed by atoms with Crippen LogP contribution in [-0.4, -0.2) is 8.42 Å². The summed E-state index contributed by atoms with van der Waals surface area (Å²) in [4.78, 5) is 0.246. The van der Waals surface area contributed by atoms with Crippen LogP contribution >= 0.6 is 0 Å². The molecule has 2 N–H and O–H groups in total. The zero-order valence-electron chi connectivity index (χ0n) is 14.1. The van der Waals surface area contributed by atoms with Crippen LogP contribution in [-0.2, 0) is 22.9 Å². The predicted octanol–water partition coefficient (Wildman–Crippen LogP) is 4.58. The van der Waals surface area contributed by atoms with Crippen molar-refractivity contribution in [3.05, 3.63) is 29.3 Å². The third kappa shape index (κ3) is 6.93. The maximum Gasteiger partial charge on any atom is 0.238 e. The van der Waals surface area contributed by atoms with Gasteiger partial charge in [0.15, 0.2) is 0 Å². The van der Waals surface area contributed by atoms with E-state index in [0.717, 1.165) is 19.3 Å². The second-order valence-corrected chi connectivity index (χ2v) is 7.66. The van der Waals surface area contributed by atoms with E-state index in [1.807, 2.05) is 6.07 Å². The van der Waals surface area contributed by atoms with Crippen molar-refractivity contribution in [2.75, 3.05) is 0 Å². The van der Waals surface area contributed by atoms with Gasteiger partial charge in [0, 0.05) is 0 Å². The standard InChI is InChI=1S/C18H31NO2S/c1-3-5-7-9-11-16-13-14-18(22(19,20)21)15-17(16)12-10-8-6-4-2/h13-15H,3-12H2,1-2H3,(H2,19,20,21). The molecular weight excluding hydrogens is 294 g/mol. The number of sulfonamides is 1. The molecule has 0 aliphatic heterocycles. The molecule has 1 aromatic rings. The minimum absolute atomic E-state index is 0.246.